The van der Waals surface area contributed by atoms with Gasteiger partial charge in [-0.2, -0.15) is 0 Å². The summed E-state index contributed by atoms with van der Waals surface area (Å²) in [5, 5.41) is 6.71. The van der Waals surface area contributed by atoms with Gasteiger partial charge in [-0.3, -0.25) is 9.89 Å². The number of fused-ring (bicyclic) bond motifs is 1. The zero-order chi connectivity index (χ0) is 18.9. The Morgan fingerprint density at radius 3 is 2.46 bits per heavy atom. The highest BCUT2D eigenvalue weighted by Crippen LogP contribution is 2.32. The Morgan fingerprint density at radius 2 is 1.81 bits per heavy atom. The van der Waals surface area contributed by atoms with Gasteiger partial charge < -0.3 is 20.1 Å². The van der Waals surface area contributed by atoms with E-state index in [1.54, 1.807) is 7.05 Å². The van der Waals surface area contributed by atoms with Crippen molar-refractivity contribution in [1.29, 1.82) is 0 Å². The fourth-order valence-electron chi connectivity index (χ4n) is 3.14. The number of aliphatic imine (C=N–C) groups is 1. The van der Waals surface area contributed by atoms with Gasteiger partial charge in [-0.05, 0) is 46.2 Å². The Kier molecular flexibility index (Phi) is 8.04. The molecular formula is C20H34N4O2. The number of benzene rings is 1. The Balaban J connectivity index is 1.83. The van der Waals surface area contributed by atoms with Gasteiger partial charge in [0.2, 0.25) is 0 Å². The summed E-state index contributed by atoms with van der Waals surface area (Å²) in [5.74, 6) is 2.35. The Bertz CT molecular complexity index is 579. The Labute approximate surface area is 158 Å². The summed E-state index contributed by atoms with van der Waals surface area (Å²) in [5.41, 5.74) is 0.938. The molecule has 6 nitrogen and oxygen atoms in total. The van der Waals surface area contributed by atoms with Gasteiger partial charge in [0, 0.05) is 50.4 Å². The van der Waals surface area contributed by atoms with E-state index in [1.165, 1.54) is 0 Å². The number of nitrogens with one attached hydrogen (secondary N) is 2. The maximum Gasteiger partial charge on any atom is 0.195 e. The second-order valence-electron chi connectivity index (χ2n) is 7.11. The molecule has 146 valence electrons. The predicted molar refractivity (Wildman–Crippen MR) is 109 cm³/mol. The van der Waals surface area contributed by atoms with Gasteiger partial charge in [-0.15, -0.1) is 0 Å². The molecule has 2 N–H and O–H groups in total. The van der Waals surface area contributed by atoms with E-state index in [9.17, 15) is 0 Å². The molecule has 1 aromatic rings. The number of rotatable bonds is 7. The molecule has 1 aliphatic rings. The van der Waals surface area contributed by atoms with Crippen molar-refractivity contribution in [1.82, 2.24) is 10.2 Å². The maximum absolute atomic E-state index is 5.74. The summed E-state index contributed by atoms with van der Waals surface area (Å²) in [7, 11) is 1.78. The Hall–Kier alpha value is -1.95. The van der Waals surface area contributed by atoms with Gasteiger partial charge in [-0.1, -0.05) is 0 Å². The highest BCUT2D eigenvalue weighted by molar-refractivity contribution is 5.93. The number of nitrogens with zero attached hydrogens (tertiary/aromatic N) is 2. The van der Waals surface area contributed by atoms with Crippen LogP contribution in [0.1, 0.15) is 40.5 Å². The molecular weight excluding hydrogens is 328 g/mol. The monoisotopic (exact) mass is 362 g/mol. The highest BCUT2D eigenvalue weighted by Gasteiger charge is 2.13. The molecule has 0 aromatic heterocycles. The first-order valence-electron chi connectivity index (χ1n) is 9.64. The minimum atomic E-state index is 0.564. The molecule has 0 spiro atoms. The first-order valence-corrected chi connectivity index (χ1v) is 9.64. The van der Waals surface area contributed by atoms with Crippen molar-refractivity contribution in [2.45, 2.75) is 52.6 Å². The van der Waals surface area contributed by atoms with Crippen molar-refractivity contribution in [3.8, 4) is 11.5 Å². The highest BCUT2D eigenvalue weighted by atomic mass is 16.5. The molecule has 0 bridgehead atoms. The van der Waals surface area contributed by atoms with Gasteiger partial charge in [0.15, 0.2) is 17.5 Å². The van der Waals surface area contributed by atoms with Crippen LogP contribution >= 0.6 is 0 Å². The molecule has 0 saturated carbocycles. The average Bonchev–Trinajstić information content (AvgIpc) is 2.84. The molecule has 1 aliphatic heterocycles. The fourth-order valence-corrected chi connectivity index (χ4v) is 3.14. The van der Waals surface area contributed by atoms with Crippen LogP contribution in [0.3, 0.4) is 0 Å². The first-order chi connectivity index (χ1) is 12.5. The minimum Gasteiger partial charge on any atom is -0.490 e. The van der Waals surface area contributed by atoms with Crippen LogP contribution in [0, 0.1) is 0 Å². The van der Waals surface area contributed by atoms with E-state index < -0.39 is 0 Å². The second-order valence-corrected chi connectivity index (χ2v) is 7.11. The van der Waals surface area contributed by atoms with Gasteiger partial charge >= 0.3 is 0 Å². The molecule has 0 radical (unpaired) electrons. The van der Waals surface area contributed by atoms with Crippen LogP contribution in [0.2, 0.25) is 0 Å². The Morgan fingerprint density at radius 1 is 1.12 bits per heavy atom. The van der Waals surface area contributed by atoms with Crippen LogP contribution in [0.4, 0.5) is 5.69 Å². The molecule has 0 atom stereocenters. The first kappa shape index (κ1) is 20.4. The standard InChI is InChI=1S/C20H34N4O2/c1-15(2)24(16(3)4)11-6-10-22-20(21-5)23-17-8-9-18-19(14-17)26-13-7-12-25-18/h8-9,14-16H,6-7,10-13H2,1-5H3,(H2,21,22,23). The fraction of sp³-hybridized carbons (Fsp3) is 0.650. The quantitative estimate of drug-likeness (QED) is 0.443. The molecule has 2 rings (SSSR count). The maximum atomic E-state index is 5.74. The average molecular weight is 363 g/mol. The summed E-state index contributed by atoms with van der Waals surface area (Å²) in [6, 6.07) is 7.02. The van der Waals surface area contributed by atoms with E-state index >= 15 is 0 Å². The van der Waals surface area contributed by atoms with Crippen molar-refractivity contribution < 1.29 is 9.47 Å². The van der Waals surface area contributed by atoms with Crippen molar-refractivity contribution in [3.63, 3.8) is 0 Å². The SMILES string of the molecule is CN=C(NCCCN(C(C)C)C(C)C)Nc1ccc2c(c1)OCCCO2. The summed E-state index contributed by atoms with van der Waals surface area (Å²) < 4.78 is 11.4. The van der Waals surface area contributed by atoms with E-state index in [0.29, 0.717) is 25.3 Å². The molecule has 26 heavy (non-hydrogen) atoms. The predicted octanol–water partition coefficient (Wildman–Crippen LogP) is 3.34. The molecule has 6 heteroatoms. The van der Waals surface area contributed by atoms with E-state index in [4.69, 9.17) is 9.47 Å². The molecule has 1 heterocycles. The number of anilines is 1. The smallest absolute Gasteiger partial charge is 0.195 e. The van der Waals surface area contributed by atoms with Crippen LogP contribution in [0.15, 0.2) is 23.2 Å². The molecule has 0 fully saturated rings. The van der Waals surface area contributed by atoms with Gasteiger partial charge in [0.1, 0.15) is 0 Å². The number of hydrogen-bond donors (Lipinski definition) is 2. The van der Waals surface area contributed by atoms with E-state index in [2.05, 4.69) is 48.2 Å². The molecule has 0 aliphatic carbocycles. The third-order valence-electron chi connectivity index (χ3n) is 4.45. The molecule has 0 saturated heterocycles. The molecule has 0 amide bonds. The lowest BCUT2D eigenvalue weighted by Gasteiger charge is -2.30. The summed E-state index contributed by atoms with van der Waals surface area (Å²) in [4.78, 5) is 6.81. The number of ether oxygens (including phenoxy) is 2. The van der Waals surface area contributed by atoms with Crippen molar-refractivity contribution in [2.24, 2.45) is 4.99 Å². The second kappa shape index (κ2) is 10.3. The van der Waals surface area contributed by atoms with Gasteiger partial charge in [0.25, 0.3) is 0 Å². The zero-order valence-electron chi connectivity index (χ0n) is 16.8. The van der Waals surface area contributed by atoms with E-state index in [1.807, 2.05) is 18.2 Å². The summed E-state index contributed by atoms with van der Waals surface area (Å²) >= 11 is 0. The lowest BCUT2D eigenvalue weighted by Crippen LogP contribution is -2.39. The van der Waals surface area contributed by atoms with Crippen LogP contribution in [0.25, 0.3) is 0 Å². The van der Waals surface area contributed by atoms with E-state index in [0.717, 1.165) is 49.1 Å². The van der Waals surface area contributed by atoms with Crippen LogP contribution in [-0.4, -0.2) is 56.3 Å². The largest absolute Gasteiger partial charge is 0.490 e. The third kappa shape index (κ3) is 6.09. The third-order valence-corrected chi connectivity index (χ3v) is 4.45. The lowest BCUT2D eigenvalue weighted by molar-refractivity contribution is 0.173. The zero-order valence-corrected chi connectivity index (χ0v) is 16.8. The summed E-state index contributed by atoms with van der Waals surface area (Å²) in [6.45, 7) is 12.3. The van der Waals surface area contributed by atoms with Crippen molar-refractivity contribution in [2.75, 3.05) is 38.7 Å². The molecule has 0 unspecified atom stereocenters. The van der Waals surface area contributed by atoms with Crippen LogP contribution in [0.5, 0.6) is 11.5 Å². The topological polar surface area (TPSA) is 58.1 Å². The lowest BCUT2D eigenvalue weighted by atomic mass is 10.2. The van der Waals surface area contributed by atoms with Gasteiger partial charge in [0.05, 0.1) is 13.2 Å². The number of hydrogen-bond acceptors (Lipinski definition) is 4. The van der Waals surface area contributed by atoms with Crippen molar-refractivity contribution in [3.05, 3.63) is 18.2 Å². The minimum absolute atomic E-state index is 0.564. The van der Waals surface area contributed by atoms with Crippen LogP contribution < -0.4 is 20.1 Å². The van der Waals surface area contributed by atoms with Crippen molar-refractivity contribution >= 4 is 11.6 Å². The normalized spacial score (nSPS) is 14.7. The number of guanidine groups is 1. The molecule has 1 aromatic carbocycles. The summed E-state index contributed by atoms with van der Waals surface area (Å²) in [6.07, 6.45) is 1.97. The van der Waals surface area contributed by atoms with Crippen LogP contribution in [-0.2, 0) is 0 Å². The van der Waals surface area contributed by atoms with Gasteiger partial charge in [-0.25, -0.2) is 0 Å². The van der Waals surface area contributed by atoms with E-state index in [-0.39, 0.29) is 0 Å².